The van der Waals surface area contributed by atoms with Crippen LogP contribution in [0.2, 0.25) is 0 Å². The van der Waals surface area contributed by atoms with E-state index in [0.29, 0.717) is 24.7 Å². The Labute approximate surface area is 206 Å². The van der Waals surface area contributed by atoms with Crippen LogP contribution in [0.4, 0.5) is 0 Å². The molecule has 0 spiro atoms. The third kappa shape index (κ3) is 4.93. The first-order valence-corrected chi connectivity index (χ1v) is 14.3. The highest BCUT2D eigenvalue weighted by Crippen LogP contribution is 2.38. The smallest absolute Gasteiger partial charge is 0.250 e. The van der Waals surface area contributed by atoms with Crippen LogP contribution in [0.15, 0.2) is 29.8 Å². The van der Waals surface area contributed by atoms with Gasteiger partial charge in [0.25, 0.3) is 5.91 Å². The van der Waals surface area contributed by atoms with Crippen molar-refractivity contribution in [3.8, 4) is 11.1 Å². The predicted molar refractivity (Wildman–Crippen MR) is 140 cm³/mol. The summed E-state index contributed by atoms with van der Waals surface area (Å²) in [5, 5.41) is 3.13. The summed E-state index contributed by atoms with van der Waals surface area (Å²) >= 11 is 1.72. The molecule has 1 amide bonds. The van der Waals surface area contributed by atoms with Gasteiger partial charge < -0.3 is 10.7 Å². The molecule has 0 aliphatic carbocycles. The van der Waals surface area contributed by atoms with Crippen molar-refractivity contribution in [2.45, 2.75) is 52.1 Å². The van der Waals surface area contributed by atoms with Gasteiger partial charge in [-0.2, -0.15) is 0 Å². The maximum absolute atomic E-state index is 12.3. The van der Waals surface area contributed by atoms with Gasteiger partial charge in [0.15, 0.2) is 0 Å². The van der Waals surface area contributed by atoms with E-state index in [1.54, 1.807) is 22.6 Å². The molecule has 9 heteroatoms. The highest BCUT2D eigenvalue weighted by Gasteiger charge is 2.29. The van der Waals surface area contributed by atoms with E-state index in [1.165, 1.54) is 4.88 Å². The van der Waals surface area contributed by atoms with Crippen LogP contribution in [0.1, 0.15) is 60.3 Å². The van der Waals surface area contributed by atoms with E-state index in [9.17, 15) is 13.2 Å². The standard InChI is InChI=1S/C25H34N4O3S2/c1-5-34(31,32)29-8-6-17(7-9-29)23-13-27-24-21(23)11-18(12-22(24)25(26)30)19-10-20(33-15-19)14-28(4)16(2)3/h10-13,15-17,27H,5-9,14H2,1-4H3,(H2,26,30). The Morgan fingerprint density at radius 3 is 2.56 bits per heavy atom. The molecule has 1 aliphatic rings. The van der Waals surface area contributed by atoms with Crippen LogP contribution in [0.3, 0.4) is 0 Å². The number of nitrogens with one attached hydrogen (secondary N) is 1. The van der Waals surface area contributed by atoms with Gasteiger partial charge in [0.1, 0.15) is 0 Å². The van der Waals surface area contributed by atoms with Gasteiger partial charge >= 0.3 is 0 Å². The van der Waals surface area contributed by atoms with Crippen LogP contribution in [-0.4, -0.2) is 60.4 Å². The summed E-state index contributed by atoms with van der Waals surface area (Å²) in [5.41, 5.74) is 10.2. The lowest BCUT2D eigenvalue weighted by Crippen LogP contribution is -2.38. The second-order valence-electron chi connectivity index (χ2n) is 9.44. The molecule has 0 unspecified atom stereocenters. The Hall–Kier alpha value is -2.20. The number of hydrogen-bond acceptors (Lipinski definition) is 5. The Bertz CT molecular complexity index is 1280. The monoisotopic (exact) mass is 502 g/mol. The number of nitrogens with zero attached hydrogens (tertiary/aromatic N) is 2. The molecule has 1 saturated heterocycles. The zero-order valence-corrected chi connectivity index (χ0v) is 21.9. The van der Waals surface area contributed by atoms with E-state index in [-0.39, 0.29) is 11.7 Å². The minimum atomic E-state index is -3.17. The maximum atomic E-state index is 12.3. The average Bonchev–Trinajstić information content (AvgIpc) is 3.45. The van der Waals surface area contributed by atoms with Crippen molar-refractivity contribution in [2.24, 2.45) is 5.73 Å². The Morgan fingerprint density at radius 1 is 1.24 bits per heavy atom. The summed E-state index contributed by atoms with van der Waals surface area (Å²) in [6.07, 6.45) is 3.48. The van der Waals surface area contributed by atoms with Gasteiger partial charge in [-0.15, -0.1) is 11.3 Å². The average molecular weight is 503 g/mol. The van der Waals surface area contributed by atoms with Crippen LogP contribution in [0, 0.1) is 0 Å². The van der Waals surface area contributed by atoms with Crippen LogP contribution in [-0.2, 0) is 16.6 Å². The van der Waals surface area contributed by atoms with Crippen molar-refractivity contribution >= 4 is 38.2 Å². The second-order valence-corrected chi connectivity index (χ2v) is 12.7. The molecule has 1 aromatic carbocycles. The number of fused-ring (bicyclic) bond motifs is 1. The fourth-order valence-corrected chi connectivity index (χ4v) is 6.71. The Balaban J connectivity index is 1.67. The molecule has 0 saturated carbocycles. The minimum absolute atomic E-state index is 0.131. The minimum Gasteiger partial charge on any atom is -0.366 e. The van der Waals surface area contributed by atoms with E-state index in [0.717, 1.165) is 47.0 Å². The van der Waals surface area contributed by atoms with E-state index < -0.39 is 15.9 Å². The van der Waals surface area contributed by atoms with Crippen molar-refractivity contribution in [3.63, 3.8) is 0 Å². The maximum Gasteiger partial charge on any atom is 0.250 e. The predicted octanol–water partition coefficient (Wildman–Crippen LogP) is 4.36. The molecular weight excluding hydrogens is 468 g/mol. The lowest BCUT2D eigenvalue weighted by atomic mass is 9.88. The summed E-state index contributed by atoms with van der Waals surface area (Å²) < 4.78 is 26.1. The SMILES string of the molecule is CCS(=O)(=O)N1CCC(c2c[nH]c3c(C(N)=O)cc(-c4csc(CN(C)C(C)C)c4)cc23)CC1. The number of carbonyl (C=O) groups is 1. The van der Waals surface area contributed by atoms with Crippen molar-refractivity contribution in [1.82, 2.24) is 14.2 Å². The van der Waals surface area contributed by atoms with Crippen LogP contribution < -0.4 is 5.73 Å². The molecule has 0 atom stereocenters. The van der Waals surface area contributed by atoms with Gasteiger partial charge in [-0.3, -0.25) is 9.69 Å². The number of H-pyrrole nitrogens is 1. The van der Waals surface area contributed by atoms with E-state index in [4.69, 9.17) is 5.73 Å². The normalized spacial score (nSPS) is 16.2. The molecule has 7 nitrogen and oxygen atoms in total. The molecule has 1 fully saturated rings. The van der Waals surface area contributed by atoms with Crippen molar-refractivity contribution < 1.29 is 13.2 Å². The van der Waals surface area contributed by atoms with Crippen molar-refractivity contribution in [2.75, 3.05) is 25.9 Å². The fourth-order valence-electron chi connectivity index (χ4n) is 4.62. The third-order valence-electron chi connectivity index (χ3n) is 7.01. The number of carbonyl (C=O) groups excluding carboxylic acids is 1. The fraction of sp³-hybridized carbons (Fsp3) is 0.480. The molecule has 2 aromatic heterocycles. The van der Waals surface area contributed by atoms with E-state index >= 15 is 0 Å². The quantitative estimate of drug-likeness (QED) is 0.478. The highest BCUT2D eigenvalue weighted by molar-refractivity contribution is 7.89. The third-order valence-corrected chi connectivity index (χ3v) is 9.82. The topological polar surface area (TPSA) is 99.5 Å². The molecule has 3 N–H and O–H groups in total. The number of nitrogens with two attached hydrogens (primary N) is 1. The number of sulfonamides is 1. The summed E-state index contributed by atoms with van der Waals surface area (Å²) in [6, 6.07) is 6.67. The van der Waals surface area contributed by atoms with Gasteiger partial charge in [-0.05, 0) is 86.8 Å². The van der Waals surface area contributed by atoms with Gasteiger partial charge in [-0.1, -0.05) is 0 Å². The Morgan fingerprint density at radius 2 is 1.94 bits per heavy atom. The number of aromatic nitrogens is 1. The summed E-state index contributed by atoms with van der Waals surface area (Å²) in [6.45, 7) is 7.96. The number of rotatable bonds is 8. The molecule has 0 radical (unpaired) electrons. The summed E-state index contributed by atoms with van der Waals surface area (Å²) in [7, 11) is -1.05. The number of hydrogen-bond donors (Lipinski definition) is 2. The number of primary amides is 1. The molecular formula is C25H34N4O3S2. The molecule has 3 heterocycles. The van der Waals surface area contributed by atoms with Crippen LogP contribution in [0.5, 0.6) is 0 Å². The first-order valence-electron chi connectivity index (χ1n) is 11.8. The molecule has 1 aliphatic heterocycles. The largest absolute Gasteiger partial charge is 0.366 e. The number of aromatic amines is 1. The highest BCUT2D eigenvalue weighted by atomic mass is 32.2. The zero-order chi connectivity index (χ0) is 24.6. The molecule has 184 valence electrons. The van der Waals surface area contributed by atoms with E-state index in [2.05, 4.69) is 48.3 Å². The number of piperidine rings is 1. The molecule has 4 rings (SSSR count). The van der Waals surface area contributed by atoms with Crippen molar-refractivity contribution in [3.05, 3.63) is 45.8 Å². The number of amides is 1. The lowest BCUT2D eigenvalue weighted by Gasteiger charge is -2.31. The van der Waals surface area contributed by atoms with Gasteiger partial charge in [0.2, 0.25) is 10.0 Å². The van der Waals surface area contributed by atoms with E-state index in [1.807, 2.05) is 12.3 Å². The lowest BCUT2D eigenvalue weighted by molar-refractivity contribution is 0.100. The first-order chi connectivity index (χ1) is 16.1. The number of benzene rings is 1. The first kappa shape index (κ1) is 24.9. The van der Waals surface area contributed by atoms with Gasteiger partial charge in [0.05, 0.1) is 16.8 Å². The summed E-state index contributed by atoms with van der Waals surface area (Å²) in [5.74, 6) is -0.101. The molecule has 34 heavy (non-hydrogen) atoms. The van der Waals surface area contributed by atoms with Gasteiger partial charge in [-0.25, -0.2) is 12.7 Å². The molecule has 3 aromatic rings. The number of thiophene rings is 1. The Kier molecular flexibility index (Phi) is 7.19. The molecule has 0 bridgehead atoms. The van der Waals surface area contributed by atoms with Gasteiger partial charge in [0, 0.05) is 42.1 Å². The zero-order valence-electron chi connectivity index (χ0n) is 20.3. The summed E-state index contributed by atoms with van der Waals surface area (Å²) in [4.78, 5) is 19.2. The van der Waals surface area contributed by atoms with Crippen LogP contribution >= 0.6 is 11.3 Å². The van der Waals surface area contributed by atoms with Crippen LogP contribution in [0.25, 0.3) is 22.0 Å². The second kappa shape index (κ2) is 9.81. The van der Waals surface area contributed by atoms with Crippen molar-refractivity contribution in [1.29, 1.82) is 0 Å².